The molecule has 10 heteroatoms. The fraction of sp³-hybridized carbons (Fsp3) is 0.158. The van der Waals surface area contributed by atoms with Crippen LogP contribution in [0.2, 0.25) is 0 Å². The van der Waals surface area contributed by atoms with E-state index in [-0.39, 0.29) is 26.2 Å². The molecule has 1 aliphatic rings. The molecular weight excluding hydrogens is 399 g/mol. The zero-order chi connectivity index (χ0) is 21.3. The van der Waals surface area contributed by atoms with Crippen LogP contribution < -0.4 is 25.8 Å². The van der Waals surface area contributed by atoms with Crippen LogP contribution >= 0.6 is 11.3 Å². The number of methoxy groups -OCH3 is 1. The number of nitrogens with one attached hydrogen (secondary N) is 1. The van der Waals surface area contributed by atoms with Crippen LogP contribution in [0.5, 0.6) is 0 Å². The van der Waals surface area contributed by atoms with Gasteiger partial charge >= 0.3 is 5.97 Å². The van der Waals surface area contributed by atoms with E-state index < -0.39 is 29.2 Å². The largest absolute Gasteiger partial charge is 0.466 e. The van der Waals surface area contributed by atoms with E-state index in [1.165, 1.54) is 38.4 Å². The standard InChI is InChI=1S/C19H15FN4O4S/c1-23-17(26)15-14(9-3-5-10(20)6-4-9)11(8-21)16(22)24-18(27)12(29-19(15)24)7-13(25)28-2/h3-7,14H,22H2,1-2H3,(H,23,26)/b12-7-/t14-/m1/s1. The lowest BCUT2D eigenvalue weighted by molar-refractivity contribution is -0.133. The minimum Gasteiger partial charge on any atom is -0.466 e. The predicted molar refractivity (Wildman–Crippen MR) is 104 cm³/mol. The maximum Gasteiger partial charge on any atom is 0.332 e. The van der Waals surface area contributed by atoms with E-state index in [1.807, 2.05) is 6.07 Å². The lowest BCUT2D eigenvalue weighted by Gasteiger charge is -2.24. The molecule has 2 aromatic rings. The van der Waals surface area contributed by atoms with E-state index in [4.69, 9.17) is 5.73 Å². The molecule has 1 aromatic carbocycles. The van der Waals surface area contributed by atoms with Crippen molar-refractivity contribution in [2.24, 2.45) is 5.73 Å². The second kappa shape index (κ2) is 7.73. The minimum absolute atomic E-state index is 0.00625. The van der Waals surface area contributed by atoms with Crippen molar-refractivity contribution in [1.29, 1.82) is 5.26 Å². The second-order valence-corrected chi connectivity index (χ2v) is 7.00. The monoisotopic (exact) mass is 414 g/mol. The number of carbonyl (C=O) groups excluding carboxylic acids is 2. The molecule has 2 heterocycles. The lowest BCUT2D eigenvalue weighted by Crippen LogP contribution is -2.41. The summed E-state index contributed by atoms with van der Waals surface area (Å²) in [6.07, 6.45) is 0.992. The van der Waals surface area contributed by atoms with E-state index >= 15 is 0 Å². The average molecular weight is 414 g/mol. The fourth-order valence-electron chi connectivity index (χ4n) is 3.06. The molecule has 0 radical (unpaired) electrons. The number of ether oxygens (including phenoxy) is 1. The molecule has 0 spiro atoms. The quantitative estimate of drug-likeness (QED) is 0.643. The van der Waals surface area contributed by atoms with E-state index in [0.717, 1.165) is 22.0 Å². The number of rotatable bonds is 3. The molecular formula is C19H15FN4O4S. The predicted octanol–water partition coefficient (Wildman–Crippen LogP) is -0.653. The summed E-state index contributed by atoms with van der Waals surface area (Å²) >= 11 is 0.874. The van der Waals surface area contributed by atoms with Crippen LogP contribution in [0.15, 0.2) is 34.6 Å². The van der Waals surface area contributed by atoms with Gasteiger partial charge in [-0.15, -0.1) is 11.3 Å². The van der Waals surface area contributed by atoms with E-state index in [1.54, 1.807) is 0 Å². The molecule has 3 rings (SSSR count). The summed E-state index contributed by atoms with van der Waals surface area (Å²) < 4.78 is 19.2. The van der Waals surface area contributed by atoms with Gasteiger partial charge in [0.25, 0.3) is 11.5 Å². The SMILES string of the molecule is CNC(=O)C1=c2s/c(=C\C(=O)OC)c(=O)n2C(N)=C(C#N)[C@H]1c1ccc(F)cc1. The van der Waals surface area contributed by atoms with Gasteiger partial charge < -0.3 is 15.8 Å². The molecule has 0 saturated heterocycles. The summed E-state index contributed by atoms with van der Waals surface area (Å²) in [4.78, 5) is 37.1. The molecule has 0 saturated carbocycles. The second-order valence-electron chi connectivity index (χ2n) is 5.97. The van der Waals surface area contributed by atoms with Crippen LogP contribution in [-0.2, 0) is 14.3 Å². The molecule has 1 aromatic heterocycles. The number of fused-ring (bicyclic) bond motifs is 1. The van der Waals surface area contributed by atoms with Crippen LogP contribution in [-0.4, -0.2) is 30.6 Å². The normalized spacial score (nSPS) is 16.3. The van der Waals surface area contributed by atoms with Crippen LogP contribution in [0.25, 0.3) is 17.5 Å². The number of hydrogen-bond acceptors (Lipinski definition) is 7. The third-order valence-electron chi connectivity index (χ3n) is 4.39. The van der Waals surface area contributed by atoms with Crippen molar-refractivity contribution in [3.05, 3.63) is 60.8 Å². The number of halogens is 1. The van der Waals surface area contributed by atoms with Gasteiger partial charge in [0.1, 0.15) is 20.8 Å². The molecule has 8 nitrogen and oxygen atoms in total. The number of amides is 1. The Hall–Kier alpha value is -3.71. The van der Waals surface area contributed by atoms with Crippen molar-refractivity contribution in [2.75, 3.05) is 14.2 Å². The number of esters is 1. The molecule has 0 bridgehead atoms. The van der Waals surface area contributed by atoms with Crippen molar-refractivity contribution >= 4 is 40.7 Å². The van der Waals surface area contributed by atoms with Crippen molar-refractivity contribution in [3.63, 3.8) is 0 Å². The van der Waals surface area contributed by atoms with Gasteiger partial charge in [0.2, 0.25) is 0 Å². The number of nitrogens with zero attached hydrogens (tertiary/aromatic N) is 2. The molecule has 0 unspecified atom stereocenters. The van der Waals surface area contributed by atoms with Gasteiger partial charge in [0.15, 0.2) is 0 Å². The fourth-order valence-corrected chi connectivity index (χ4v) is 4.19. The van der Waals surface area contributed by atoms with Crippen molar-refractivity contribution < 1.29 is 18.7 Å². The Kier molecular flexibility index (Phi) is 5.34. The van der Waals surface area contributed by atoms with E-state index in [0.29, 0.717) is 5.56 Å². The van der Waals surface area contributed by atoms with Gasteiger partial charge in [-0.25, -0.2) is 9.18 Å². The first-order valence-electron chi connectivity index (χ1n) is 8.27. The highest BCUT2D eigenvalue weighted by atomic mass is 32.1. The highest BCUT2D eigenvalue weighted by molar-refractivity contribution is 7.07. The Morgan fingerprint density at radius 1 is 1.38 bits per heavy atom. The third kappa shape index (κ3) is 3.32. The number of allylic oxidation sites excluding steroid dienone is 1. The number of nitrogens with two attached hydrogens (primary N) is 1. The maximum atomic E-state index is 13.4. The Balaban J connectivity index is 2.48. The number of benzene rings is 1. The molecule has 1 atom stereocenters. The highest BCUT2D eigenvalue weighted by Crippen LogP contribution is 2.35. The van der Waals surface area contributed by atoms with Gasteiger partial charge in [-0.2, -0.15) is 5.26 Å². The molecule has 29 heavy (non-hydrogen) atoms. The number of hydrogen-bond donors (Lipinski definition) is 2. The zero-order valence-corrected chi connectivity index (χ0v) is 16.2. The Morgan fingerprint density at radius 3 is 2.59 bits per heavy atom. The third-order valence-corrected chi connectivity index (χ3v) is 5.50. The first-order valence-corrected chi connectivity index (χ1v) is 9.09. The highest BCUT2D eigenvalue weighted by Gasteiger charge is 2.35. The van der Waals surface area contributed by atoms with Gasteiger partial charge in [-0.05, 0) is 17.7 Å². The van der Waals surface area contributed by atoms with E-state index in [2.05, 4.69) is 10.1 Å². The molecule has 0 aliphatic carbocycles. The summed E-state index contributed by atoms with van der Waals surface area (Å²) in [5.74, 6) is -2.84. The summed E-state index contributed by atoms with van der Waals surface area (Å²) in [5.41, 5.74) is 5.98. The summed E-state index contributed by atoms with van der Waals surface area (Å²) in [6, 6.07) is 7.25. The van der Waals surface area contributed by atoms with Crippen molar-refractivity contribution in [3.8, 4) is 6.07 Å². The number of carbonyl (C=O) groups is 2. The number of aromatic nitrogens is 1. The van der Waals surface area contributed by atoms with Gasteiger partial charge in [-0.1, -0.05) is 12.1 Å². The van der Waals surface area contributed by atoms with Crippen LogP contribution in [0, 0.1) is 17.1 Å². The van der Waals surface area contributed by atoms with E-state index in [9.17, 15) is 24.0 Å². The minimum atomic E-state index is -0.912. The first kappa shape index (κ1) is 20.0. The molecule has 1 aliphatic heterocycles. The summed E-state index contributed by atoms with van der Waals surface area (Å²) in [6.45, 7) is 0. The Morgan fingerprint density at radius 2 is 2.03 bits per heavy atom. The molecule has 1 amide bonds. The maximum absolute atomic E-state index is 13.4. The average Bonchev–Trinajstić information content (AvgIpc) is 3.03. The van der Waals surface area contributed by atoms with Crippen LogP contribution in [0.3, 0.4) is 0 Å². The van der Waals surface area contributed by atoms with Gasteiger partial charge in [0.05, 0.1) is 30.2 Å². The number of thiazole rings is 1. The van der Waals surface area contributed by atoms with Crippen LogP contribution in [0.1, 0.15) is 11.5 Å². The molecule has 0 fully saturated rings. The van der Waals surface area contributed by atoms with Gasteiger partial charge in [0, 0.05) is 13.1 Å². The van der Waals surface area contributed by atoms with Crippen molar-refractivity contribution in [2.45, 2.75) is 5.92 Å². The van der Waals surface area contributed by atoms with Crippen LogP contribution in [0.4, 0.5) is 4.39 Å². The molecule has 3 N–H and O–H groups in total. The Bertz CT molecular complexity index is 1270. The van der Waals surface area contributed by atoms with Crippen molar-refractivity contribution in [1.82, 2.24) is 9.88 Å². The lowest BCUT2D eigenvalue weighted by atomic mass is 9.83. The Labute approximate surface area is 167 Å². The summed E-state index contributed by atoms with van der Waals surface area (Å²) in [7, 11) is 2.57. The zero-order valence-electron chi connectivity index (χ0n) is 15.4. The summed E-state index contributed by atoms with van der Waals surface area (Å²) in [5, 5.41) is 12.2. The van der Waals surface area contributed by atoms with Gasteiger partial charge in [-0.3, -0.25) is 14.2 Å². The topological polar surface area (TPSA) is 127 Å². The smallest absolute Gasteiger partial charge is 0.332 e. The molecule has 148 valence electrons. The number of nitriles is 1. The first-order chi connectivity index (χ1) is 13.8.